The summed E-state index contributed by atoms with van der Waals surface area (Å²) in [6.45, 7) is 2.48. The molecule has 3 heteroatoms. The SMILES string of the molecule is CC(=O)N1CCCC1CO. The number of nitrogens with zero attached hydrogens (tertiary/aromatic N) is 1. The smallest absolute Gasteiger partial charge is 0.219 e. The van der Waals surface area contributed by atoms with Gasteiger partial charge in [-0.1, -0.05) is 0 Å². The zero-order valence-electron chi connectivity index (χ0n) is 6.21. The molecule has 1 unspecified atom stereocenters. The minimum Gasteiger partial charge on any atom is -0.394 e. The first-order valence-electron chi connectivity index (χ1n) is 3.63. The van der Waals surface area contributed by atoms with E-state index in [-0.39, 0.29) is 18.6 Å². The first kappa shape index (κ1) is 7.54. The lowest BCUT2D eigenvalue weighted by atomic mass is 10.2. The molecule has 1 rings (SSSR count). The normalized spacial score (nSPS) is 25.4. The molecule has 1 saturated heterocycles. The molecule has 0 aromatic heterocycles. The van der Waals surface area contributed by atoms with Gasteiger partial charge in [-0.25, -0.2) is 0 Å². The number of amides is 1. The molecule has 1 aliphatic heterocycles. The number of carbonyl (C=O) groups is 1. The van der Waals surface area contributed by atoms with Gasteiger partial charge in [0, 0.05) is 13.5 Å². The molecule has 0 radical (unpaired) electrons. The summed E-state index contributed by atoms with van der Waals surface area (Å²) in [5.74, 6) is 0.0801. The number of aliphatic hydroxyl groups excluding tert-OH is 1. The number of hydrogen-bond acceptors (Lipinski definition) is 2. The van der Waals surface area contributed by atoms with Crippen molar-refractivity contribution >= 4 is 5.91 Å². The Labute approximate surface area is 60.6 Å². The van der Waals surface area contributed by atoms with Gasteiger partial charge in [-0.05, 0) is 12.8 Å². The van der Waals surface area contributed by atoms with E-state index in [1.807, 2.05) is 0 Å². The summed E-state index contributed by atoms with van der Waals surface area (Å²) < 4.78 is 0. The largest absolute Gasteiger partial charge is 0.394 e. The Morgan fingerprint density at radius 3 is 2.90 bits per heavy atom. The Bertz CT molecular complexity index is 136. The van der Waals surface area contributed by atoms with Crippen LogP contribution in [0.5, 0.6) is 0 Å². The highest BCUT2D eigenvalue weighted by Crippen LogP contribution is 2.15. The molecule has 0 bridgehead atoms. The predicted octanol–water partition coefficient (Wildman–Crippen LogP) is -0.0104. The minimum absolute atomic E-state index is 0.0801. The number of carbonyl (C=O) groups excluding carboxylic acids is 1. The highest BCUT2D eigenvalue weighted by Gasteiger charge is 2.24. The van der Waals surface area contributed by atoms with Gasteiger partial charge in [0.05, 0.1) is 12.6 Å². The van der Waals surface area contributed by atoms with Crippen LogP contribution in [0, 0.1) is 0 Å². The molecule has 0 saturated carbocycles. The molecule has 1 N–H and O–H groups in total. The maximum Gasteiger partial charge on any atom is 0.219 e. The molecular weight excluding hydrogens is 130 g/mol. The Morgan fingerprint density at radius 1 is 1.80 bits per heavy atom. The van der Waals surface area contributed by atoms with E-state index in [0.717, 1.165) is 19.4 Å². The van der Waals surface area contributed by atoms with Crippen LogP contribution >= 0.6 is 0 Å². The van der Waals surface area contributed by atoms with Gasteiger partial charge in [0.15, 0.2) is 0 Å². The van der Waals surface area contributed by atoms with Gasteiger partial charge in [-0.15, -0.1) is 0 Å². The fourth-order valence-corrected chi connectivity index (χ4v) is 1.44. The zero-order valence-corrected chi connectivity index (χ0v) is 6.21. The standard InChI is InChI=1S/C7H13NO2/c1-6(10)8-4-2-3-7(8)5-9/h7,9H,2-5H2,1H3. The van der Waals surface area contributed by atoms with Crippen LogP contribution in [0.25, 0.3) is 0 Å². The first-order chi connectivity index (χ1) is 4.75. The van der Waals surface area contributed by atoms with E-state index in [1.54, 1.807) is 11.8 Å². The van der Waals surface area contributed by atoms with Gasteiger partial charge in [0.25, 0.3) is 0 Å². The maximum absolute atomic E-state index is 10.8. The highest BCUT2D eigenvalue weighted by molar-refractivity contribution is 5.73. The van der Waals surface area contributed by atoms with Crippen molar-refractivity contribution < 1.29 is 9.90 Å². The van der Waals surface area contributed by atoms with Crippen LogP contribution in [0.4, 0.5) is 0 Å². The Balaban J connectivity index is 2.50. The van der Waals surface area contributed by atoms with Crippen molar-refractivity contribution in [3.63, 3.8) is 0 Å². The van der Waals surface area contributed by atoms with Crippen molar-refractivity contribution in [3.8, 4) is 0 Å². The number of rotatable bonds is 1. The number of likely N-dealkylation sites (tertiary alicyclic amines) is 1. The van der Waals surface area contributed by atoms with Crippen molar-refractivity contribution in [3.05, 3.63) is 0 Å². The van der Waals surface area contributed by atoms with E-state index in [9.17, 15) is 4.79 Å². The Morgan fingerprint density at radius 2 is 2.50 bits per heavy atom. The highest BCUT2D eigenvalue weighted by atomic mass is 16.3. The van der Waals surface area contributed by atoms with Gasteiger partial charge in [0.2, 0.25) is 5.91 Å². The van der Waals surface area contributed by atoms with Crippen molar-refractivity contribution in [2.24, 2.45) is 0 Å². The molecule has 1 heterocycles. The second-order valence-corrected chi connectivity index (χ2v) is 2.69. The van der Waals surface area contributed by atoms with Crippen LogP contribution in [0.15, 0.2) is 0 Å². The van der Waals surface area contributed by atoms with Gasteiger partial charge < -0.3 is 10.0 Å². The van der Waals surface area contributed by atoms with Crippen molar-refractivity contribution in [1.82, 2.24) is 4.90 Å². The molecular formula is C7H13NO2. The topological polar surface area (TPSA) is 40.5 Å². The molecule has 58 valence electrons. The summed E-state index contributed by atoms with van der Waals surface area (Å²) in [4.78, 5) is 12.6. The molecule has 0 aromatic rings. The molecule has 1 fully saturated rings. The van der Waals surface area contributed by atoms with Gasteiger partial charge >= 0.3 is 0 Å². The van der Waals surface area contributed by atoms with Gasteiger partial charge in [-0.2, -0.15) is 0 Å². The minimum atomic E-state index is 0.0801. The van der Waals surface area contributed by atoms with Crippen LogP contribution in [-0.4, -0.2) is 35.1 Å². The van der Waals surface area contributed by atoms with E-state index >= 15 is 0 Å². The Hall–Kier alpha value is -0.570. The second kappa shape index (κ2) is 3.01. The molecule has 1 aliphatic rings. The molecule has 1 atom stereocenters. The van der Waals surface area contributed by atoms with Crippen molar-refractivity contribution in [2.45, 2.75) is 25.8 Å². The molecule has 10 heavy (non-hydrogen) atoms. The molecule has 0 aliphatic carbocycles. The molecule has 1 amide bonds. The lowest BCUT2D eigenvalue weighted by Crippen LogP contribution is -2.35. The lowest BCUT2D eigenvalue weighted by molar-refractivity contribution is -0.130. The van der Waals surface area contributed by atoms with Crippen LogP contribution in [-0.2, 0) is 4.79 Å². The first-order valence-corrected chi connectivity index (χ1v) is 3.63. The fraction of sp³-hybridized carbons (Fsp3) is 0.857. The third kappa shape index (κ3) is 1.29. The van der Waals surface area contributed by atoms with Crippen molar-refractivity contribution in [2.75, 3.05) is 13.2 Å². The van der Waals surface area contributed by atoms with Crippen LogP contribution in [0.1, 0.15) is 19.8 Å². The molecule has 0 spiro atoms. The lowest BCUT2D eigenvalue weighted by Gasteiger charge is -2.20. The quantitative estimate of drug-likeness (QED) is 0.561. The van der Waals surface area contributed by atoms with Gasteiger partial charge in [0.1, 0.15) is 0 Å². The third-order valence-corrected chi connectivity index (χ3v) is 1.99. The maximum atomic E-state index is 10.8. The van der Waals surface area contributed by atoms with Crippen LogP contribution < -0.4 is 0 Å². The fourth-order valence-electron chi connectivity index (χ4n) is 1.44. The van der Waals surface area contributed by atoms with E-state index < -0.39 is 0 Å². The zero-order chi connectivity index (χ0) is 7.56. The predicted molar refractivity (Wildman–Crippen MR) is 37.5 cm³/mol. The van der Waals surface area contributed by atoms with E-state index in [0.29, 0.717) is 0 Å². The number of aliphatic hydroxyl groups is 1. The second-order valence-electron chi connectivity index (χ2n) is 2.69. The van der Waals surface area contributed by atoms with Crippen LogP contribution in [0.3, 0.4) is 0 Å². The average molecular weight is 143 g/mol. The summed E-state index contributed by atoms with van der Waals surface area (Å²) in [6.07, 6.45) is 1.99. The summed E-state index contributed by atoms with van der Waals surface area (Å²) in [5, 5.41) is 8.79. The summed E-state index contributed by atoms with van der Waals surface area (Å²) in [6, 6.07) is 0.0949. The molecule has 0 aromatic carbocycles. The summed E-state index contributed by atoms with van der Waals surface area (Å²) in [7, 11) is 0. The van der Waals surface area contributed by atoms with E-state index in [1.165, 1.54) is 0 Å². The van der Waals surface area contributed by atoms with E-state index in [4.69, 9.17) is 5.11 Å². The van der Waals surface area contributed by atoms with Crippen LogP contribution in [0.2, 0.25) is 0 Å². The monoisotopic (exact) mass is 143 g/mol. The summed E-state index contributed by atoms with van der Waals surface area (Å²) >= 11 is 0. The van der Waals surface area contributed by atoms with Gasteiger partial charge in [-0.3, -0.25) is 4.79 Å². The Kier molecular flexibility index (Phi) is 2.27. The number of hydrogen-bond donors (Lipinski definition) is 1. The summed E-state index contributed by atoms with van der Waals surface area (Å²) in [5.41, 5.74) is 0. The molecule has 3 nitrogen and oxygen atoms in total. The average Bonchev–Trinajstić information content (AvgIpc) is 2.33. The third-order valence-electron chi connectivity index (χ3n) is 1.99. The van der Waals surface area contributed by atoms with E-state index in [2.05, 4.69) is 0 Å². The van der Waals surface area contributed by atoms with Crippen molar-refractivity contribution in [1.29, 1.82) is 0 Å².